The highest BCUT2D eigenvalue weighted by Gasteiger charge is 2.07. The molecule has 0 aliphatic carbocycles. The zero-order valence-electron chi connectivity index (χ0n) is 7.90. The van der Waals surface area contributed by atoms with Crippen LogP contribution in [0.3, 0.4) is 0 Å². The van der Waals surface area contributed by atoms with Crippen LogP contribution in [0.5, 0.6) is 0 Å². The van der Waals surface area contributed by atoms with Crippen molar-refractivity contribution in [1.82, 2.24) is 9.36 Å². The van der Waals surface area contributed by atoms with E-state index < -0.39 is 0 Å². The highest BCUT2D eigenvalue weighted by atomic mass is 32.1. The number of benzene rings is 1. The Kier molecular flexibility index (Phi) is 2.45. The molecule has 0 saturated carbocycles. The van der Waals surface area contributed by atoms with Crippen molar-refractivity contribution in [2.24, 2.45) is 0 Å². The van der Waals surface area contributed by atoms with E-state index in [1.807, 2.05) is 12.1 Å². The maximum Gasteiger partial charge on any atom is 0.232 e. The largest absolute Gasteiger partial charge is 0.367 e. The Bertz CT molecular complexity index is 436. The summed E-state index contributed by atoms with van der Waals surface area (Å²) in [5, 5.41) is 0.903. The first kappa shape index (κ1) is 9.15. The van der Waals surface area contributed by atoms with E-state index in [1.54, 1.807) is 0 Å². The Hall–Kier alpha value is -1.42. The smallest absolute Gasteiger partial charge is 0.232 e. The number of anilines is 1. The molecule has 1 heterocycles. The first-order chi connectivity index (χ1) is 6.81. The van der Waals surface area contributed by atoms with E-state index in [2.05, 4.69) is 28.4 Å². The second kappa shape index (κ2) is 3.75. The maximum absolute atomic E-state index is 5.50. The highest BCUT2D eigenvalue weighted by Crippen LogP contribution is 2.25. The molecular weight excluding hydrogens is 194 g/mol. The Balaban J connectivity index is 2.50. The van der Waals surface area contributed by atoms with Crippen LogP contribution in [0.25, 0.3) is 10.6 Å². The lowest BCUT2D eigenvalue weighted by Crippen LogP contribution is -1.88. The van der Waals surface area contributed by atoms with Gasteiger partial charge in [-0.05, 0) is 23.5 Å². The van der Waals surface area contributed by atoms with Gasteiger partial charge in [0.25, 0.3) is 0 Å². The minimum atomic E-state index is 0.357. The van der Waals surface area contributed by atoms with Gasteiger partial charge in [0, 0.05) is 5.56 Å². The molecule has 0 spiro atoms. The van der Waals surface area contributed by atoms with Crippen molar-refractivity contribution in [2.75, 3.05) is 5.73 Å². The van der Waals surface area contributed by atoms with Gasteiger partial charge in [0.15, 0.2) is 0 Å². The van der Waals surface area contributed by atoms with E-state index in [9.17, 15) is 0 Å². The summed E-state index contributed by atoms with van der Waals surface area (Å²) in [7, 11) is 0. The molecule has 0 bridgehead atoms. The van der Waals surface area contributed by atoms with Crippen molar-refractivity contribution in [3.05, 3.63) is 29.8 Å². The third kappa shape index (κ3) is 1.61. The molecule has 2 rings (SSSR count). The van der Waals surface area contributed by atoms with E-state index in [1.165, 1.54) is 17.1 Å². The molecule has 0 fully saturated rings. The van der Waals surface area contributed by atoms with Crippen molar-refractivity contribution >= 4 is 17.5 Å². The molecule has 3 nitrogen and oxygen atoms in total. The van der Waals surface area contributed by atoms with E-state index >= 15 is 0 Å². The Morgan fingerprint density at radius 3 is 2.79 bits per heavy atom. The number of nitrogen functional groups attached to an aromatic ring is 1. The van der Waals surface area contributed by atoms with Crippen LogP contribution in [0.15, 0.2) is 24.3 Å². The van der Waals surface area contributed by atoms with Crippen molar-refractivity contribution in [3.8, 4) is 10.6 Å². The quantitative estimate of drug-likeness (QED) is 0.818. The number of aromatic nitrogens is 2. The van der Waals surface area contributed by atoms with Crippen molar-refractivity contribution in [2.45, 2.75) is 13.3 Å². The van der Waals surface area contributed by atoms with Crippen molar-refractivity contribution in [3.63, 3.8) is 0 Å². The van der Waals surface area contributed by atoms with Gasteiger partial charge in [0.2, 0.25) is 5.95 Å². The van der Waals surface area contributed by atoms with Crippen LogP contribution in [-0.2, 0) is 6.42 Å². The lowest BCUT2D eigenvalue weighted by molar-refractivity contribution is 1.14. The lowest BCUT2D eigenvalue weighted by Gasteiger charge is -2.02. The van der Waals surface area contributed by atoms with Gasteiger partial charge in [-0.25, -0.2) is 0 Å². The topological polar surface area (TPSA) is 51.8 Å². The summed E-state index contributed by atoms with van der Waals surface area (Å²) in [6.07, 6.45) is 0.996. The number of nitrogens with zero attached hydrogens (tertiary/aromatic N) is 2. The molecule has 0 radical (unpaired) electrons. The maximum atomic E-state index is 5.50. The van der Waals surface area contributed by atoms with Crippen LogP contribution in [0, 0.1) is 0 Å². The molecule has 0 aliphatic rings. The Morgan fingerprint density at radius 2 is 2.14 bits per heavy atom. The molecule has 0 unspecified atom stereocenters. The molecule has 2 aromatic rings. The fourth-order valence-electron chi connectivity index (χ4n) is 1.38. The average molecular weight is 205 g/mol. The average Bonchev–Trinajstić information content (AvgIpc) is 2.65. The van der Waals surface area contributed by atoms with Gasteiger partial charge in [-0.1, -0.05) is 31.2 Å². The molecular formula is C10H11N3S. The standard InChI is InChI=1S/C10H11N3S/c1-2-7-5-3-4-6-8(7)9-12-10(11)13-14-9/h3-6H,2H2,1H3,(H2,11,13). The molecule has 4 heteroatoms. The van der Waals surface area contributed by atoms with Crippen LogP contribution in [0.1, 0.15) is 12.5 Å². The summed E-state index contributed by atoms with van der Waals surface area (Å²) in [5.74, 6) is 0.357. The summed E-state index contributed by atoms with van der Waals surface area (Å²) in [6, 6.07) is 8.20. The SMILES string of the molecule is CCc1ccccc1-c1nc(N)ns1. The van der Waals surface area contributed by atoms with Crippen LogP contribution >= 0.6 is 11.5 Å². The molecule has 1 aromatic carbocycles. The normalized spacial score (nSPS) is 10.4. The third-order valence-electron chi connectivity index (χ3n) is 2.07. The predicted molar refractivity (Wildman–Crippen MR) is 59.1 cm³/mol. The monoisotopic (exact) mass is 205 g/mol. The second-order valence-electron chi connectivity index (χ2n) is 2.97. The Labute approximate surface area is 86.8 Å². The fourth-order valence-corrected chi connectivity index (χ4v) is 2.03. The first-order valence-corrected chi connectivity index (χ1v) is 5.26. The van der Waals surface area contributed by atoms with Crippen LogP contribution in [-0.4, -0.2) is 9.36 Å². The summed E-state index contributed by atoms with van der Waals surface area (Å²) >= 11 is 1.35. The van der Waals surface area contributed by atoms with Crippen LogP contribution in [0.2, 0.25) is 0 Å². The van der Waals surface area contributed by atoms with Crippen molar-refractivity contribution in [1.29, 1.82) is 0 Å². The number of hydrogen-bond acceptors (Lipinski definition) is 4. The number of aryl methyl sites for hydroxylation is 1. The highest BCUT2D eigenvalue weighted by molar-refractivity contribution is 7.09. The first-order valence-electron chi connectivity index (χ1n) is 4.48. The van der Waals surface area contributed by atoms with Crippen molar-refractivity contribution < 1.29 is 0 Å². The predicted octanol–water partition coefficient (Wildman–Crippen LogP) is 2.35. The molecule has 14 heavy (non-hydrogen) atoms. The molecule has 0 saturated heterocycles. The summed E-state index contributed by atoms with van der Waals surface area (Å²) in [5.41, 5.74) is 7.92. The summed E-state index contributed by atoms with van der Waals surface area (Å²) in [6.45, 7) is 2.13. The van der Waals surface area contributed by atoms with Gasteiger partial charge in [-0.15, -0.1) is 0 Å². The van der Waals surface area contributed by atoms with Crippen LogP contribution < -0.4 is 5.73 Å². The molecule has 1 aromatic heterocycles. The zero-order chi connectivity index (χ0) is 9.97. The fraction of sp³-hybridized carbons (Fsp3) is 0.200. The minimum Gasteiger partial charge on any atom is -0.367 e. The van der Waals surface area contributed by atoms with E-state index in [0.717, 1.165) is 17.0 Å². The van der Waals surface area contributed by atoms with Gasteiger partial charge >= 0.3 is 0 Å². The number of hydrogen-bond donors (Lipinski definition) is 1. The van der Waals surface area contributed by atoms with Gasteiger partial charge < -0.3 is 5.73 Å². The van der Waals surface area contributed by atoms with Gasteiger partial charge in [0.05, 0.1) is 0 Å². The number of rotatable bonds is 2. The van der Waals surface area contributed by atoms with E-state index in [0.29, 0.717) is 5.95 Å². The third-order valence-corrected chi connectivity index (χ3v) is 2.83. The number of nitrogens with two attached hydrogens (primary N) is 1. The lowest BCUT2D eigenvalue weighted by atomic mass is 10.1. The molecule has 0 atom stereocenters. The minimum absolute atomic E-state index is 0.357. The molecule has 2 N–H and O–H groups in total. The zero-order valence-corrected chi connectivity index (χ0v) is 8.71. The van der Waals surface area contributed by atoms with Crippen LogP contribution in [0.4, 0.5) is 5.95 Å². The van der Waals surface area contributed by atoms with Gasteiger partial charge in [-0.3, -0.25) is 0 Å². The molecule has 0 amide bonds. The molecule has 72 valence electrons. The van der Waals surface area contributed by atoms with Gasteiger partial charge in [0.1, 0.15) is 5.01 Å². The second-order valence-corrected chi connectivity index (χ2v) is 3.72. The van der Waals surface area contributed by atoms with E-state index in [-0.39, 0.29) is 0 Å². The molecule has 0 aliphatic heterocycles. The summed E-state index contributed by atoms with van der Waals surface area (Å²) in [4.78, 5) is 4.17. The Morgan fingerprint density at radius 1 is 1.36 bits per heavy atom. The van der Waals surface area contributed by atoms with E-state index in [4.69, 9.17) is 5.73 Å². The van der Waals surface area contributed by atoms with Gasteiger partial charge in [-0.2, -0.15) is 9.36 Å². The summed E-state index contributed by atoms with van der Waals surface area (Å²) < 4.78 is 3.98.